The van der Waals surface area contributed by atoms with E-state index in [4.69, 9.17) is 4.84 Å². The molecule has 162 valence electrons. The molecule has 0 unspecified atom stereocenters. The second kappa shape index (κ2) is 13.0. The van der Waals surface area contributed by atoms with Crippen molar-refractivity contribution in [3.05, 3.63) is 27.2 Å². The highest BCUT2D eigenvalue weighted by Gasteiger charge is 2.13. The third-order valence-corrected chi connectivity index (χ3v) is 5.13. The van der Waals surface area contributed by atoms with E-state index in [9.17, 15) is 14.4 Å². The van der Waals surface area contributed by atoms with Crippen LogP contribution in [0.3, 0.4) is 0 Å². The highest BCUT2D eigenvalue weighted by molar-refractivity contribution is 5.70. The quantitative estimate of drug-likeness (QED) is 0.437. The average molecular weight is 407 g/mol. The smallest absolute Gasteiger partial charge is 0.339 e. The van der Waals surface area contributed by atoms with E-state index in [0.29, 0.717) is 11.2 Å². The lowest BCUT2D eigenvalue weighted by Crippen LogP contribution is -2.42. The second-order valence-corrected chi connectivity index (χ2v) is 7.61. The van der Waals surface area contributed by atoms with Crippen LogP contribution in [0, 0.1) is 0 Å². The van der Waals surface area contributed by atoms with E-state index < -0.39 is 17.2 Å². The third kappa shape index (κ3) is 7.87. The van der Waals surface area contributed by atoms with Crippen molar-refractivity contribution in [2.45, 2.75) is 96.8 Å². The summed E-state index contributed by atoms with van der Waals surface area (Å²) in [6, 6.07) is 0. The summed E-state index contributed by atoms with van der Waals surface area (Å²) in [4.78, 5) is 49.7. The standard InChI is InChI=1S/C21H34N4O4/c1-2-3-4-5-6-7-8-9-10-11-12-13-14-15-17(26)29-25-20(27)18-19(23-16-22-18)24-21(25)28/h16H,2-15H2,1H3,(H,22,23)(H,24,28). The Balaban J connectivity index is 1.53. The Hall–Kier alpha value is -2.38. The maximum atomic E-state index is 12.1. The molecule has 0 fully saturated rings. The molecule has 0 aliphatic rings. The van der Waals surface area contributed by atoms with Crippen LogP contribution in [-0.4, -0.2) is 25.7 Å². The molecule has 2 heterocycles. The van der Waals surface area contributed by atoms with Crippen LogP contribution >= 0.6 is 0 Å². The van der Waals surface area contributed by atoms with Gasteiger partial charge < -0.3 is 9.82 Å². The first kappa shape index (κ1) is 22.9. The second-order valence-electron chi connectivity index (χ2n) is 7.61. The minimum absolute atomic E-state index is 0.0957. The molecular weight excluding hydrogens is 372 g/mol. The molecule has 2 aromatic heterocycles. The molecule has 0 aliphatic carbocycles. The fourth-order valence-corrected chi connectivity index (χ4v) is 3.42. The van der Waals surface area contributed by atoms with Crippen molar-refractivity contribution in [1.82, 2.24) is 19.7 Å². The minimum atomic E-state index is -0.812. The number of carbonyl (C=O) groups excluding carboxylic acids is 1. The zero-order valence-electron chi connectivity index (χ0n) is 17.5. The predicted octanol–water partition coefficient (Wildman–Crippen LogP) is 3.85. The minimum Gasteiger partial charge on any atom is -0.339 e. The molecule has 2 aromatic rings. The van der Waals surface area contributed by atoms with Gasteiger partial charge in [0.15, 0.2) is 11.2 Å². The Morgan fingerprint density at radius 1 is 0.931 bits per heavy atom. The number of aromatic amines is 2. The number of rotatable bonds is 15. The largest absolute Gasteiger partial charge is 0.364 e. The van der Waals surface area contributed by atoms with Crippen molar-refractivity contribution in [2.24, 2.45) is 0 Å². The van der Waals surface area contributed by atoms with E-state index in [-0.39, 0.29) is 17.6 Å². The molecular formula is C21H34N4O4. The van der Waals surface area contributed by atoms with E-state index in [1.807, 2.05) is 0 Å². The Morgan fingerprint density at radius 2 is 1.48 bits per heavy atom. The summed E-state index contributed by atoms with van der Waals surface area (Å²) >= 11 is 0. The van der Waals surface area contributed by atoms with E-state index >= 15 is 0 Å². The van der Waals surface area contributed by atoms with Gasteiger partial charge in [-0.3, -0.25) is 9.78 Å². The molecule has 0 atom stereocenters. The molecule has 0 saturated carbocycles. The third-order valence-electron chi connectivity index (χ3n) is 5.13. The summed E-state index contributed by atoms with van der Waals surface area (Å²) in [5, 5.41) is 0. The number of fused-ring (bicyclic) bond motifs is 1. The van der Waals surface area contributed by atoms with E-state index in [2.05, 4.69) is 21.9 Å². The normalized spacial score (nSPS) is 11.2. The van der Waals surface area contributed by atoms with Gasteiger partial charge in [0.2, 0.25) is 0 Å². The zero-order chi connectivity index (χ0) is 20.9. The lowest BCUT2D eigenvalue weighted by atomic mass is 10.0. The Kier molecular flexibility index (Phi) is 10.2. The highest BCUT2D eigenvalue weighted by atomic mass is 16.7. The van der Waals surface area contributed by atoms with Crippen LogP contribution in [0.15, 0.2) is 15.9 Å². The van der Waals surface area contributed by atoms with Crippen LogP contribution in [0.25, 0.3) is 11.2 Å². The molecule has 2 rings (SSSR count). The summed E-state index contributed by atoms with van der Waals surface area (Å²) in [5.41, 5.74) is -1.30. The highest BCUT2D eigenvalue weighted by Crippen LogP contribution is 2.12. The average Bonchev–Trinajstić information content (AvgIpc) is 3.17. The van der Waals surface area contributed by atoms with E-state index in [1.54, 1.807) is 0 Å². The Labute approximate surface area is 171 Å². The molecule has 2 N–H and O–H groups in total. The van der Waals surface area contributed by atoms with Gasteiger partial charge in [-0.1, -0.05) is 88.7 Å². The Bertz CT molecular complexity index is 852. The maximum absolute atomic E-state index is 12.1. The Morgan fingerprint density at radius 3 is 2.07 bits per heavy atom. The van der Waals surface area contributed by atoms with Gasteiger partial charge in [0.25, 0.3) is 0 Å². The first-order chi connectivity index (χ1) is 14.1. The monoisotopic (exact) mass is 406 g/mol. The van der Waals surface area contributed by atoms with Gasteiger partial charge in [-0.15, -0.1) is 0 Å². The fourth-order valence-electron chi connectivity index (χ4n) is 3.42. The first-order valence-corrected chi connectivity index (χ1v) is 11.0. The number of nitrogens with one attached hydrogen (secondary N) is 2. The van der Waals surface area contributed by atoms with E-state index in [1.165, 1.54) is 70.5 Å². The van der Waals surface area contributed by atoms with Crippen LogP contribution in [0.2, 0.25) is 0 Å². The maximum Gasteiger partial charge on any atom is 0.364 e. The van der Waals surface area contributed by atoms with Gasteiger partial charge in [-0.05, 0) is 6.42 Å². The number of hydrogen-bond donors (Lipinski definition) is 2. The summed E-state index contributed by atoms with van der Waals surface area (Å²) in [7, 11) is 0. The number of carbonyl (C=O) groups is 1. The number of nitrogens with zero attached hydrogens (tertiary/aromatic N) is 2. The summed E-state index contributed by atoms with van der Waals surface area (Å²) in [5.74, 6) is -0.584. The van der Waals surface area contributed by atoms with Crippen molar-refractivity contribution in [1.29, 1.82) is 0 Å². The molecule has 0 bridgehead atoms. The zero-order valence-corrected chi connectivity index (χ0v) is 17.5. The molecule has 0 aromatic carbocycles. The van der Waals surface area contributed by atoms with Crippen LogP contribution in [-0.2, 0) is 4.79 Å². The number of H-pyrrole nitrogens is 2. The lowest BCUT2D eigenvalue weighted by molar-refractivity contribution is -0.145. The summed E-state index contributed by atoms with van der Waals surface area (Å²) < 4.78 is 0.450. The predicted molar refractivity (Wildman–Crippen MR) is 113 cm³/mol. The van der Waals surface area contributed by atoms with E-state index in [0.717, 1.165) is 12.8 Å². The summed E-state index contributed by atoms with van der Waals surface area (Å²) in [6.45, 7) is 2.24. The van der Waals surface area contributed by atoms with Crippen molar-refractivity contribution < 1.29 is 9.63 Å². The van der Waals surface area contributed by atoms with Gasteiger partial charge in [0, 0.05) is 6.42 Å². The molecule has 0 aliphatic heterocycles. The van der Waals surface area contributed by atoms with Crippen molar-refractivity contribution in [2.75, 3.05) is 0 Å². The van der Waals surface area contributed by atoms with Crippen LogP contribution in [0.4, 0.5) is 0 Å². The molecule has 8 nitrogen and oxygen atoms in total. The number of unbranched alkanes of at least 4 members (excludes halogenated alkanes) is 12. The van der Waals surface area contributed by atoms with Crippen LogP contribution in [0.1, 0.15) is 96.8 Å². The topological polar surface area (TPSA) is 110 Å². The number of hydrogen-bond acceptors (Lipinski definition) is 5. The summed E-state index contributed by atoms with van der Waals surface area (Å²) in [6.07, 6.45) is 17.4. The molecule has 8 heteroatoms. The van der Waals surface area contributed by atoms with Gasteiger partial charge in [0.05, 0.1) is 6.33 Å². The van der Waals surface area contributed by atoms with Gasteiger partial charge in [-0.25, -0.2) is 14.6 Å². The van der Waals surface area contributed by atoms with Crippen molar-refractivity contribution >= 4 is 17.1 Å². The molecule has 29 heavy (non-hydrogen) atoms. The van der Waals surface area contributed by atoms with Crippen LogP contribution in [0.5, 0.6) is 0 Å². The number of aromatic nitrogens is 4. The molecule has 0 amide bonds. The van der Waals surface area contributed by atoms with Crippen molar-refractivity contribution in [3.63, 3.8) is 0 Å². The van der Waals surface area contributed by atoms with Crippen molar-refractivity contribution in [3.8, 4) is 0 Å². The molecule has 0 radical (unpaired) electrons. The molecule has 0 spiro atoms. The molecule has 0 saturated heterocycles. The fraction of sp³-hybridized carbons (Fsp3) is 0.714. The van der Waals surface area contributed by atoms with Gasteiger partial charge >= 0.3 is 17.2 Å². The van der Waals surface area contributed by atoms with Gasteiger partial charge in [0.1, 0.15) is 0 Å². The lowest BCUT2D eigenvalue weighted by Gasteiger charge is -2.05. The number of imidazole rings is 1. The van der Waals surface area contributed by atoms with Crippen LogP contribution < -0.4 is 16.1 Å². The van der Waals surface area contributed by atoms with Gasteiger partial charge in [-0.2, -0.15) is 0 Å². The first-order valence-electron chi connectivity index (χ1n) is 11.0. The SMILES string of the molecule is CCCCCCCCCCCCCCCC(=O)On1c(=O)[nH]c2nc[nH]c2c1=O.